The van der Waals surface area contributed by atoms with E-state index in [1.54, 1.807) is 43.3 Å². The number of para-hydroxylation sites is 1. The SMILES string of the molecule is Cc1ccc(/C=C\C(=O)N[C@H](C)c2ccccc2NS(C)(=O)=O)o1. The van der Waals surface area contributed by atoms with Gasteiger partial charge in [-0.2, -0.15) is 0 Å². The van der Waals surface area contributed by atoms with E-state index in [0.717, 1.165) is 12.0 Å². The number of carbonyl (C=O) groups excluding carboxylic acids is 1. The Balaban J connectivity index is 2.08. The molecular formula is C17H20N2O4S. The summed E-state index contributed by atoms with van der Waals surface area (Å²) in [6.07, 6.45) is 4.04. The number of nitrogens with one attached hydrogen (secondary N) is 2. The number of carbonyl (C=O) groups is 1. The van der Waals surface area contributed by atoms with Crippen molar-refractivity contribution in [3.63, 3.8) is 0 Å². The average molecular weight is 348 g/mol. The van der Waals surface area contributed by atoms with Crippen LogP contribution in [0.1, 0.15) is 30.0 Å². The lowest BCUT2D eigenvalue weighted by Crippen LogP contribution is -2.25. The van der Waals surface area contributed by atoms with Crippen molar-refractivity contribution in [3.05, 3.63) is 59.6 Å². The molecule has 1 aromatic carbocycles. The normalized spacial score (nSPS) is 13.0. The highest BCUT2D eigenvalue weighted by Crippen LogP contribution is 2.23. The molecule has 0 saturated carbocycles. The molecule has 0 aliphatic rings. The van der Waals surface area contributed by atoms with Gasteiger partial charge < -0.3 is 9.73 Å². The van der Waals surface area contributed by atoms with Crippen molar-refractivity contribution in [2.45, 2.75) is 19.9 Å². The fraction of sp³-hybridized carbons (Fsp3) is 0.235. The molecule has 0 spiro atoms. The first kappa shape index (κ1) is 17.8. The molecule has 0 aliphatic carbocycles. The molecule has 1 heterocycles. The van der Waals surface area contributed by atoms with E-state index >= 15 is 0 Å². The van der Waals surface area contributed by atoms with Crippen LogP contribution in [-0.2, 0) is 14.8 Å². The van der Waals surface area contributed by atoms with Gasteiger partial charge in [0.05, 0.1) is 18.0 Å². The molecule has 7 heteroatoms. The van der Waals surface area contributed by atoms with Gasteiger partial charge in [0.15, 0.2) is 0 Å². The zero-order chi connectivity index (χ0) is 17.7. The maximum atomic E-state index is 12.0. The minimum Gasteiger partial charge on any atom is -0.462 e. The Labute approximate surface area is 141 Å². The first-order valence-corrected chi connectivity index (χ1v) is 9.25. The number of furan rings is 1. The molecule has 0 saturated heterocycles. The predicted octanol–water partition coefficient (Wildman–Crippen LogP) is 2.85. The van der Waals surface area contributed by atoms with Crippen molar-refractivity contribution in [1.82, 2.24) is 5.32 Å². The molecular weight excluding hydrogens is 328 g/mol. The Morgan fingerprint density at radius 2 is 1.92 bits per heavy atom. The summed E-state index contributed by atoms with van der Waals surface area (Å²) in [6, 6.07) is 10.1. The summed E-state index contributed by atoms with van der Waals surface area (Å²) >= 11 is 0. The van der Waals surface area contributed by atoms with Crippen LogP contribution in [0.5, 0.6) is 0 Å². The van der Waals surface area contributed by atoms with Crippen molar-refractivity contribution in [3.8, 4) is 0 Å². The van der Waals surface area contributed by atoms with Crippen molar-refractivity contribution in [2.75, 3.05) is 11.0 Å². The Morgan fingerprint density at radius 1 is 1.21 bits per heavy atom. The lowest BCUT2D eigenvalue weighted by atomic mass is 10.1. The minimum atomic E-state index is -3.39. The lowest BCUT2D eigenvalue weighted by molar-refractivity contribution is -0.117. The number of amides is 1. The predicted molar refractivity (Wildman–Crippen MR) is 93.9 cm³/mol. The quantitative estimate of drug-likeness (QED) is 0.786. The molecule has 0 unspecified atom stereocenters. The van der Waals surface area contributed by atoms with Crippen LogP contribution in [0.3, 0.4) is 0 Å². The number of hydrogen-bond acceptors (Lipinski definition) is 4. The van der Waals surface area contributed by atoms with Gasteiger partial charge >= 0.3 is 0 Å². The molecule has 128 valence electrons. The second kappa shape index (κ2) is 7.35. The van der Waals surface area contributed by atoms with Gasteiger partial charge in [-0.3, -0.25) is 9.52 Å². The van der Waals surface area contributed by atoms with Gasteiger partial charge in [0, 0.05) is 6.08 Å². The molecule has 0 fully saturated rings. The maximum Gasteiger partial charge on any atom is 0.244 e. The standard InChI is InChI=1S/C17H20N2O4S/c1-12-8-9-14(23-12)10-11-17(20)18-13(2)15-6-4-5-7-16(15)19-24(3,21)22/h4-11,13,19H,1-3H3,(H,18,20)/b11-10-/t13-/m1/s1. The summed E-state index contributed by atoms with van der Waals surface area (Å²) in [6.45, 7) is 3.61. The summed E-state index contributed by atoms with van der Waals surface area (Å²) in [7, 11) is -3.39. The van der Waals surface area contributed by atoms with Crippen LogP contribution >= 0.6 is 0 Å². The molecule has 2 N–H and O–H groups in total. The third kappa shape index (κ3) is 5.27. The molecule has 2 aromatic rings. The Morgan fingerprint density at radius 3 is 2.54 bits per heavy atom. The van der Waals surface area contributed by atoms with Crippen molar-refractivity contribution in [1.29, 1.82) is 0 Å². The van der Waals surface area contributed by atoms with E-state index in [-0.39, 0.29) is 11.9 Å². The van der Waals surface area contributed by atoms with Crippen LogP contribution in [0.25, 0.3) is 6.08 Å². The fourth-order valence-corrected chi connectivity index (χ4v) is 2.79. The smallest absolute Gasteiger partial charge is 0.244 e. The highest BCUT2D eigenvalue weighted by atomic mass is 32.2. The van der Waals surface area contributed by atoms with E-state index in [0.29, 0.717) is 17.0 Å². The van der Waals surface area contributed by atoms with Gasteiger partial charge in [0.25, 0.3) is 0 Å². The van der Waals surface area contributed by atoms with Gasteiger partial charge in [0.2, 0.25) is 15.9 Å². The lowest BCUT2D eigenvalue weighted by Gasteiger charge is -2.17. The first-order chi connectivity index (χ1) is 11.2. The Bertz CT molecular complexity index is 853. The van der Waals surface area contributed by atoms with Crippen LogP contribution in [-0.4, -0.2) is 20.6 Å². The number of benzene rings is 1. The zero-order valence-corrected chi connectivity index (χ0v) is 14.6. The third-order valence-corrected chi connectivity index (χ3v) is 3.83. The van der Waals surface area contributed by atoms with Crippen LogP contribution in [0.2, 0.25) is 0 Å². The summed E-state index contributed by atoms with van der Waals surface area (Å²) < 4.78 is 30.7. The third-order valence-electron chi connectivity index (χ3n) is 3.24. The molecule has 24 heavy (non-hydrogen) atoms. The molecule has 1 atom stereocenters. The van der Waals surface area contributed by atoms with E-state index in [4.69, 9.17) is 4.42 Å². The molecule has 1 aromatic heterocycles. The van der Waals surface area contributed by atoms with Gasteiger partial charge in [-0.1, -0.05) is 18.2 Å². The maximum absolute atomic E-state index is 12.0. The largest absolute Gasteiger partial charge is 0.462 e. The number of rotatable bonds is 6. The number of hydrogen-bond donors (Lipinski definition) is 2. The summed E-state index contributed by atoms with van der Waals surface area (Å²) in [5.74, 6) is 1.06. The zero-order valence-electron chi connectivity index (χ0n) is 13.7. The molecule has 0 bridgehead atoms. The van der Waals surface area contributed by atoms with Crippen LogP contribution in [0, 0.1) is 6.92 Å². The van der Waals surface area contributed by atoms with Gasteiger partial charge in [-0.25, -0.2) is 8.42 Å². The fourth-order valence-electron chi connectivity index (χ4n) is 2.21. The topological polar surface area (TPSA) is 88.4 Å². The van der Waals surface area contributed by atoms with Crippen LogP contribution in [0.15, 0.2) is 46.9 Å². The Hall–Kier alpha value is -2.54. The Kier molecular flexibility index (Phi) is 5.46. The summed E-state index contributed by atoms with van der Waals surface area (Å²) in [4.78, 5) is 12.0. The molecule has 0 aliphatic heterocycles. The van der Waals surface area contributed by atoms with Crippen molar-refractivity contribution >= 4 is 27.7 Å². The summed E-state index contributed by atoms with van der Waals surface area (Å²) in [5, 5.41) is 2.80. The van der Waals surface area contributed by atoms with E-state index in [1.807, 2.05) is 13.0 Å². The monoisotopic (exact) mass is 348 g/mol. The molecule has 6 nitrogen and oxygen atoms in total. The van der Waals surface area contributed by atoms with Crippen molar-refractivity contribution < 1.29 is 17.6 Å². The van der Waals surface area contributed by atoms with E-state index in [1.165, 1.54) is 6.08 Å². The van der Waals surface area contributed by atoms with Gasteiger partial charge in [0.1, 0.15) is 11.5 Å². The second-order valence-corrected chi connectivity index (χ2v) is 7.22. The molecule has 2 rings (SSSR count). The highest BCUT2D eigenvalue weighted by Gasteiger charge is 2.14. The number of anilines is 1. The van der Waals surface area contributed by atoms with E-state index in [2.05, 4.69) is 10.0 Å². The second-order valence-electron chi connectivity index (χ2n) is 5.47. The van der Waals surface area contributed by atoms with E-state index < -0.39 is 10.0 Å². The average Bonchev–Trinajstić information content (AvgIpc) is 2.89. The van der Waals surface area contributed by atoms with Gasteiger partial charge in [-0.05, 0) is 43.7 Å². The summed E-state index contributed by atoms with van der Waals surface area (Å²) in [5.41, 5.74) is 1.12. The highest BCUT2D eigenvalue weighted by molar-refractivity contribution is 7.92. The van der Waals surface area contributed by atoms with Crippen molar-refractivity contribution in [2.24, 2.45) is 0 Å². The molecule has 0 radical (unpaired) electrons. The first-order valence-electron chi connectivity index (χ1n) is 7.36. The molecule has 1 amide bonds. The van der Waals surface area contributed by atoms with E-state index in [9.17, 15) is 13.2 Å². The van der Waals surface area contributed by atoms with Crippen LogP contribution in [0.4, 0.5) is 5.69 Å². The minimum absolute atomic E-state index is 0.300. The van der Waals surface area contributed by atoms with Crippen LogP contribution < -0.4 is 10.0 Å². The number of sulfonamides is 1. The number of aryl methyl sites for hydroxylation is 1. The van der Waals surface area contributed by atoms with Gasteiger partial charge in [-0.15, -0.1) is 0 Å².